The maximum absolute atomic E-state index is 5.71. The molecule has 0 saturated heterocycles. The number of nitrogens with one attached hydrogen (secondary N) is 1. The zero-order valence-electron chi connectivity index (χ0n) is 9.14. The summed E-state index contributed by atoms with van der Waals surface area (Å²) in [5.41, 5.74) is 6.58. The van der Waals surface area contributed by atoms with E-state index in [4.69, 9.17) is 5.73 Å². The number of anilines is 2. The van der Waals surface area contributed by atoms with Crippen molar-refractivity contribution in [3.63, 3.8) is 0 Å². The molecule has 2 aromatic rings. The van der Waals surface area contributed by atoms with Crippen molar-refractivity contribution in [2.75, 3.05) is 11.1 Å². The molecule has 0 bridgehead atoms. The van der Waals surface area contributed by atoms with Crippen LogP contribution in [0.4, 0.5) is 11.6 Å². The van der Waals surface area contributed by atoms with Crippen LogP contribution in [-0.4, -0.2) is 15.0 Å². The van der Waals surface area contributed by atoms with Gasteiger partial charge in [-0.3, -0.25) is 0 Å². The number of hydrogen-bond donors (Lipinski definition) is 2. The molecule has 2 rings (SSSR count). The summed E-state index contributed by atoms with van der Waals surface area (Å²) in [6.07, 6.45) is 3.25. The number of nitrogens with zero attached hydrogens (tertiary/aromatic N) is 3. The Bertz CT molecular complexity index is 468. The van der Waals surface area contributed by atoms with E-state index in [9.17, 15) is 0 Å². The second-order valence-corrected chi connectivity index (χ2v) is 4.40. The molecule has 0 aliphatic carbocycles. The number of hydrogen-bond acceptors (Lipinski definition) is 6. The predicted octanol–water partition coefficient (Wildman–Crippen LogP) is 2.00. The second kappa shape index (κ2) is 4.44. The standard InChI is InChI=1S/C10H13N5S/c1-6-8(11)13-5-14-9(6)15-7(2)10-12-3-4-16-10/h3-5,7H,1-2H3,(H3,11,13,14,15). The Morgan fingerprint density at radius 3 is 2.88 bits per heavy atom. The Balaban J connectivity index is 2.18. The third kappa shape index (κ3) is 2.11. The summed E-state index contributed by atoms with van der Waals surface area (Å²) < 4.78 is 0. The number of nitrogens with two attached hydrogens (primary N) is 1. The van der Waals surface area contributed by atoms with Crippen LogP contribution in [0, 0.1) is 6.92 Å². The number of aromatic nitrogens is 3. The molecule has 6 heteroatoms. The van der Waals surface area contributed by atoms with Gasteiger partial charge in [0.1, 0.15) is 23.0 Å². The summed E-state index contributed by atoms with van der Waals surface area (Å²) in [5, 5.41) is 6.25. The first-order valence-electron chi connectivity index (χ1n) is 4.91. The van der Waals surface area contributed by atoms with E-state index in [1.54, 1.807) is 17.5 Å². The van der Waals surface area contributed by atoms with Gasteiger partial charge in [0.25, 0.3) is 0 Å². The quantitative estimate of drug-likeness (QED) is 0.850. The first-order chi connectivity index (χ1) is 7.68. The van der Waals surface area contributed by atoms with Crippen LogP contribution in [0.2, 0.25) is 0 Å². The zero-order chi connectivity index (χ0) is 11.5. The van der Waals surface area contributed by atoms with Crippen molar-refractivity contribution in [1.82, 2.24) is 15.0 Å². The average molecular weight is 235 g/mol. The smallest absolute Gasteiger partial charge is 0.134 e. The van der Waals surface area contributed by atoms with E-state index < -0.39 is 0 Å². The van der Waals surface area contributed by atoms with Crippen molar-refractivity contribution in [2.45, 2.75) is 19.9 Å². The minimum atomic E-state index is 0.119. The normalized spacial score (nSPS) is 12.4. The molecule has 0 radical (unpaired) electrons. The van der Waals surface area contributed by atoms with Gasteiger partial charge in [-0.25, -0.2) is 15.0 Å². The molecule has 0 aliphatic rings. The van der Waals surface area contributed by atoms with Crippen LogP contribution in [0.25, 0.3) is 0 Å². The van der Waals surface area contributed by atoms with Gasteiger partial charge in [0, 0.05) is 17.1 Å². The van der Waals surface area contributed by atoms with Crippen LogP contribution in [0.15, 0.2) is 17.9 Å². The van der Waals surface area contributed by atoms with E-state index in [0.29, 0.717) is 5.82 Å². The molecule has 16 heavy (non-hydrogen) atoms. The Kier molecular flexibility index (Phi) is 3.00. The van der Waals surface area contributed by atoms with Gasteiger partial charge in [-0.1, -0.05) is 0 Å². The van der Waals surface area contributed by atoms with Crippen LogP contribution in [0.3, 0.4) is 0 Å². The van der Waals surface area contributed by atoms with Crippen molar-refractivity contribution in [2.24, 2.45) is 0 Å². The minimum Gasteiger partial charge on any atom is -0.383 e. The lowest BCUT2D eigenvalue weighted by Crippen LogP contribution is -2.10. The highest BCUT2D eigenvalue weighted by Crippen LogP contribution is 2.22. The Hall–Kier alpha value is -1.69. The van der Waals surface area contributed by atoms with Crippen LogP contribution in [0.5, 0.6) is 0 Å². The Labute approximate surface area is 97.8 Å². The highest BCUT2D eigenvalue weighted by Gasteiger charge is 2.11. The van der Waals surface area contributed by atoms with Crippen molar-refractivity contribution < 1.29 is 0 Å². The molecule has 0 saturated carbocycles. The molecule has 0 spiro atoms. The van der Waals surface area contributed by atoms with E-state index in [1.165, 1.54) is 6.33 Å². The molecule has 0 aromatic carbocycles. The van der Waals surface area contributed by atoms with Crippen LogP contribution >= 0.6 is 11.3 Å². The maximum atomic E-state index is 5.71. The fraction of sp³-hybridized carbons (Fsp3) is 0.300. The third-order valence-corrected chi connectivity index (χ3v) is 3.26. The molecule has 0 fully saturated rings. The highest BCUT2D eigenvalue weighted by atomic mass is 32.1. The number of thiazole rings is 1. The molecule has 5 nitrogen and oxygen atoms in total. The van der Waals surface area contributed by atoms with Crippen molar-refractivity contribution in [1.29, 1.82) is 0 Å². The van der Waals surface area contributed by atoms with E-state index in [2.05, 4.69) is 20.3 Å². The largest absolute Gasteiger partial charge is 0.383 e. The van der Waals surface area contributed by atoms with Gasteiger partial charge in [0.2, 0.25) is 0 Å². The SMILES string of the molecule is Cc1c(N)ncnc1NC(C)c1nccs1. The topological polar surface area (TPSA) is 76.7 Å². The van der Waals surface area contributed by atoms with Gasteiger partial charge < -0.3 is 11.1 Å². The van der Waals surface area contributed by atoms with Gasteiger partial charge in [-0.2, -0.15) is 0 Å². The van der Waals surface area contributed by atoms with Gasteiger partial charge in [0.05, 0.1) is 6.04 Å². The summed E-state index contributed by atoms with van der Waals surface area (Å²) in [6.45, 7) is 3.93. The summed E-state index contributed by atoms with van der Waals surface area (Å²) in [6, 6.07) is 0.119. The Morgan fingerprint density at radius 2 is 2.19 bits per heavy atom. The predicted molar refractivity (Wildman–Crippen MR) is 65.3 cm³/mol. The zero-order valence-corrected chi connectivity index (χ0v) is 9.95. The molecule has 0 aliphatic heterocycles. The van der Waals surface area contributed by atoms with E-state index in [0.717, 1.165) is 16.4 Å². The molecule has 3 N–H and O–H groups in total. The van der Waals surface area contributed by atoms with Crippen molar-refractivity contribution in [3.05, 3.63) is 28.5 Å². The van der Waals surface area contributed by atoms with Gasteiger partial charge >= 0.3 is 0 Å². The van der Waals surface area contributed by atoms with E-state index in [-0.39, 0.29) is 6.04 Å². The molecule has 0 amide bonds. The summed E-state index contributed by atoms with van der Waals surface area (Å²) in [5.74, 6) is 1.26. The summed E-state index contributed by atoms with van der Waals surface area (Å²) in [4.78, 5) is 12.3. The summed E-state index contributed by atoms with van der Waals surface area (Å²) in [7, 11) is 0. The fourth-order valence-corrected chi connectivity index (χ4v) is 1.97. The summed E-state index contributed by atoms with van der Waals surface area (Å²) >= 11 is 1.61. The van der Waals surface area contributed by atoms with Gasteiger partial charge in [-0.15, -0.1) is 11.3 Å². The Morgan fingerprint density at radius 1 is 1.38 bits per heavy atom. The highest BCUT2D eigenvalue weighted by molar-refractivity contribution is 7.09. The number of rotatable bonds is 3. The number of nitrogen functional groups attached to an aromatic ring is 1. The molecular weight excluding hydrogens is 222 g/mol. The first kappa shape index (κ1) is 10.8. The minimum absolute atomic E-state index is 0.119. The third-order valence-electron chi connectivity index (χ3n) is 2.30. The lowest BCUT2D eigenvalue weighted by molar-refractivity contribution is 0.855. The maximum Gasteiger partial charge on any atom is 0.134 e. The van der Waals surface area contributed by atoms with Gasteiger partial charge in [-0.05, 0) is 13.8 Å². The molecule has 1 atom stereocenters. The second-order valence-electron chi connectivity index (χ2n) is 3.47. The lowest BCUT2D eigenvalue weighted by atomic mass is 10.3. The molecular formula is C10H13N5S. The van der Waals surface area contributed by atoms with Gasteiger partial charge in [0.15, 0.2) is 0 Å². The average Bonchev–Trinajstić information content (AvgIpc) is 2.78. The van der Waals surface area contributed by atoms with Crippen molar-refractivity contribution >= 4 is 23.0 Å². The van der Waals surface area contributed by atoms with Crippen LogP contribution < -0.4 is 11.1 Å². The molecule has 84 valence electrons. The van der Waals surface area contributed by atoms with Crippen LogP contribution in [0.1, 0.15) is 23.5 Å². The first-order valence-corrected chi connectivity index (χ1v) is 5.79. The lowest BCUT2D eigenvalue weighted by Gasteiger charge is -2.14. The van der Waals surface area contributed by atoms with E-state index >= 15 is 0 Å². The molecule has 1 unspecified atom stereocenters. The molecule has 2 heterocycles. The van der Waals surface area contributed by atoms with Crippen molar-refractivity contribution in [3.8, 4) is 0 Å². The molecule has 2 aromatic heterocycles. The monoisotopic (exact) mass is 235 g/mol. The van der Waals surface area contributed by atoms with Crippen LogP contribution in [-0.2, 0) is 0 Å². The fourth-order valence-electron chi connectivity index (χ4n) is 1.32. The van der Waals surface area contributed by atoms with E-state index in [1.807, 2.05) is 19.2 Å².